The van der Waals surface area contributed by atoms with Gasteiger partial charge in [-0.05, 0) is 38.4 Å². The van der Waals surface area contributed by atoms with Gasteiger partial charge in [-0.1, -0.05) is 24.8 Å². The molecule has 1 N–H and O–H groups in total. The zero-order chi connectivity index (χ0) is 12.3. The number of hydrogen-bond acceptors (Lipinski definition) is 2. The number of nitrogens with one attached hydrogen (secondary N) is 1. The minimum Gasteiger partial charge on any atom is -0.309 e. The third-order valence-electron chi connectivity index (χ3n) is 3.16. The van der Waals surface area contributed by atoms with E-state index in [0.717, 1.165) is 30.6 Å². The Kier molecular flexibility index (Phi) is 3.59. The maximum absolute atomic E-state index is 12.4. The number of carbonyl (C=O) groups excluding carboxylic acids is 1. The lowest BCUT2D eigenvalue weighted by atomic mass is 10.1. The average molecular weight is 230 g/mol. The molecule has 1 aromatic carbocycles. The summed E-state index contributed by atoms with van der Waals surface area (Å²) < 4.78 is 0. The van der Waals surface area contributed by atoms with Crippen molar-refractivity contribution in [1.82, 2.24) is 5.32 Å². The Hall–Kier alpha value is -1.61. The second-order valence-electron chi connectivity index (χ2n) is 4.31. The predicted octanol–water partition coefficient (Wildman–Crippen LogP) is 2.31. The summed E-state index contributed by atoms with van der Waals surface area (Å²) in [6.45, 7) is 4.03. The summed E-state index contributed by atoms with van der Waals surface area (Å²) in [6, 6.07) is 9.62. The minimum atomic E-state index is -0.102. The predicted molar refractivity (Wildman–Crippen MR) is 69.8 cm³/mol. The first-order valence-electron chi connectivity index (χ1n) is 5.98. The van der Waals surface area contributed by atoms with Crippen LogP contribution in [-0.2, 0) is 4.79 Å². The van der Waals surface area contributed by atoms with Gasteiger partial charge >= 0.3 is 0 Å². The van der Waals surface area contributed by atoms with Gasteiger partial charge in [0.2, 0.25) is 5.91 Å². The van der Waals surface area contributed by atoms with E-state index in [1.807, 2.05) is 37.4 Å². The fourth-order valence-corrected chi connectivity index (χ4v) is 2.21. The molecule has 1 aromatic rings. The van der Waals surface area contributed by atoms with Gasteiger partial charge in [0.05, 0.1) is 6.04 Å². The number of likely N-dealkylation sites (N-methyl/N-ethyl adjacent to an activating group) is 1. The molecule has 1 fully saturated rings. The number of amides is 1. The smallest absolute Gasteiger partial charge is 0.248 e. The topological polar surface area (TPSA) is 32.3 Å². The Morgan fingerprint density at radius 3 is 2.71 bits per heavy atom. The van der Waals surface area contributed by atoms with Gasteiger partial charge in [-0.3, -0.25) is 9.69 Å². The Bertz CT molecular complexity index is 413. The van der Waals surface area contributed by atoms with E-state index in [9.17, 15) is 4.79 Å². The summed E-state index contributed by atoms with van der Waals surface area (Å²) in [7, 11) is 1.83. The van der Waals surface area contributed by atoms with E-state index in [1.54, 1.807) is 4.90 Å². The summed E-state index contributed by atoms with van der Waals surface area (Å²) in [6.07, 6.45) is 2.75. The van der Waals surface area contributed by atoms with Crippen molar-refractivity contribution >= 4 is 11.6 Å². The van der Waals surface area contributed by atoms with E-state index in [1.165, 1.54) is 0 Å². The average Bonchev–Trinajstić information content (AvgIpc) is 2.49. The Morgan fingerprint density at radius 1 is 1.35 bits per heavy atom. The van der Waals surface area contributed by atoms with Gasteiger partial charge in [-0.25, -0.2) is 0 Å². The van der Waals surface area contributed by atoms with Crippen LogP contribution in [0, 0.1) is 0 Å². The molecular weight excluding hydrogens is 212 g/mol. The van der Waals surface area contributed by atoms with E-state index < -0.39 is 0 Å². The standard InChI is InChI=1S/C14H18N2O/c1-11-7-6-10-13(15-2)14(17)16(11)12-8-4-3-5-9-12/h3-5,8-9,13,15H,1,6-7,10H2,2H3. The number of nitrogens with zero attached hydrogens (tertiary/aromatic N) is 1. The molecule has 1 unspecified atom stereocenters. The van der Waals surface area contributed by atoms with Crippen molar-refractivity contribution in [3.63, 3.8) is 0 Å². The number of para-hydroxylation sites is 1. The maximum atomic E-state index is 12.4. The largest absolute Gasteiger partial charge is 0.309 e. The highest BCUT2D eigenvalue weighted by atomic mass is 16.2. The van der Waals surface area contributed by atoms with E-state index in [4.69, 9.17) is 0 Å². The molecule has 0 saturated carbocycles. The van der Waals surface area contributed by atoms with Gasteiger partial charge < -0.3 is 5.32 Å². The van der Waals surface area contributed by atoms with Crippen molar-refractivity contribution in [2.24, 2.45) is 0 Å². The molecule has 1 aliphatic rings. The van der Waals surface area contributed by atoms with Crippen molar-refractivity contribution in [3.8, 4) is 0 Å². The molecule has 90 valence electrons. The normalized spacial score (nSPS) is 21.5. The van der Waals surface area contributed by atoms with Crippen LogP contribution in [0.1, 0.15) is 19.3 Å². The molecule has 0 aliphatic carbocycles. The summed E-state index contributed by atoms with van der Waals surface area (Å²) in [5.74, 6) is 0.0983. The van der Waals surface area contributed by atoms with Crippen molar-refractivity contribution in [3.05, 3.63) is 42.6 Å². The quantitative estimate of drug-likeness (QED) is 0.845. The molecule has 0 bridgehead atoms. The van der Waals surface area contributed by atoms with Gasteiger partial charge in [0.1, 0.15) is 0 Å². The molecule has 2 rings (SSSR count). The Balaban J connectivity index is 2.34. The van der Waals surface area contributed by atoms with Crippen LogP contribution in [0.3, 0.4) is 0 Å². The van der Waals surface area contributed by atoms with E-state index >= 15 is 0 Å². The number of anilines is 1. The first-order valence-corrected chi connectivity index (χ1v) is 5.98. The SMILES string of the molecule is C=C1CCCC(NC)C(=O)N1c1ccccc1. The van der Waals surface area contributed by atoms with Crippen LogP contribution in [0.15, 0.2) is 42.6 Å². The second kappa shape index (κ2) is 5.15. The van der Waals surface area contributed by atoms with Crippen LogP contribution >= 0.6 is 0 Å². The number of carbonyl (C=O) groups is 1. The maximum Gasteiger partial charge on any atom is 0.248 e. The molecule has 1 heterocycles. The number of allylic oxidation sites excluding steroid dienone is 1. The lowest BCUT2D eigenvalue weighted by Gasteiger charge is -2.25. The zero-order valence-corrected chi connectivity index (χ0v) is 10.1. The van der Waals surface area contributed by atoms with Crippen molar-refractivity contribution in [2.75, 3.05) is 11.9 Å². The number of rotatable bonds is 2. The van der Waals surface area contributed by atoms with E-state index in [-0.39, 0.29) is 11.9 Å². The third kappa shape index (κ3) is 2.39. The highest BCUT2D eigenvalue weighted by Crippen LogP contribution is 2.26. The summed E-state index contributed by atoms with van der Waals surface area (Å²) in [5.41, 5.74) is 1.80. The monoisotopic (exact) mass is 230 g/mol. The van der Waals surface area contributed by atoms with Gasteiger partial charge in [0, 0.05) is 11.4 Å². The number of benzene rings is 1. The molecule has 17 heavy (non-hydrogen) atoms. The molecule has 3 nitrogen and oxygen atoms in total. The fourth-order valence-electron chi connectivity index (χ4n) is 2.21. The molecule has 0 aromatic heterocycles. The van der Waals surface area contributed by atoms with Crippen molar-refractivity contribution < 1.29 is 4.79 Å². The highest BCUT2D eigenvalue weighted by Gasteiger charge is 2.28. The molecule has 1 amide bonds. The number of hydrogen-bond donors (Lipinski definition) is 1. The van der Waals surface area contributed by atoms with Crippen LogP contribution < -0.4 is 10.2 Å². The highest BCUT2D eigenvalue weighted by molar-refractivity contribution is 6.00. The van der Waals surface area contributed by atoms with Crippen LogP contribution in [0.2, 0.25) is 0 Å². The van der Waals surface area contributed by atoms with Crippen molar-refractivity contribution in [1.29, 1.82) is 0 Å². The molecular formula is C14H18N2O. The molecule has 1 atom stereocenters. The van der Waals surface area contributed by atoms with Crippen LogP contribution in [0.5, 0.6) is 0 Å². The van der Waals surface area contributed by atoms with Gasteiger partial charge in [-0.15, -0.1) is 0 Å². The summed E-state index contributed by atoms with van der Waals surface area (Å²) >= 11 is 0. The second-order valence-corrected chi connectivity index (χ2v) is 4.31. The molecule has 1 aliphatic heterocycles. The summed E-state index contributed by atoms with van der Waals surface area (Å²) in [4.78, 5) is 14.1. The van der Waals surface area contributed by atoms with Gasteiger partial charge in [-0.2, -0.15) is 0 Å². The van der Waals surface area contributed by atoms with Crippen molar-refractivity contribution in [2.45, 2.75) is 25.3 Å². The zero-order valence-electron chi connectivity index (χ0n) is 10.1. The fraction of sp³-hybridized carbons (Fsp3) is 0.357. The molecule has 1 saturated heterocycles. The van der Waals surface area contributed by atoms with Crippen LogP contribution in [0.4, 0.5) is 5.69 Å². The van der Waals surface area contributed by atoms with Gasteiger partial charge in [0.15, 0.2) is 0 Å². The van der Waals surface area contributed by atoms with E-state index in [2.05, 4.69) is 11.9 Å². The molecule has 0 radical (unpaired) electrons. The first kappa shape index (κ1) is 11.9. The first-order chi connectivity index (χ1) is 8.24. The minimum absolute atomic E-state index is 0.0983. The van der Waals surface area contributed by atoms with E-state index in [0.29, 0.717) is 0 Å². The Morgan fingerprint density at radius 2 is 2.06 bits per heavy atom. The lowest BCUT2D eigenvalue weighted by molar-refractivity contribution is -0.119. The third-order valence-corrected chi connectivity index (χ3v) is 3.16. The van der Waals surface area contributed by atoms with Crippen LogP contribution in [0.25, 0.3) is 0 Å². The summed E-state index contributed by atoms with van der Waals surface area (Å²) in [5, 5.41) is 3.08. The van der Waals surface area contributed by atoms with Gasteiger partial charge in [0.25, 0.3) is 0 Å². The molecule has 0 spiro atoms. The van der Waals surface area contributed by atoms with Crippen LogP contribution in [-0.4, -0.2) is 19.0 Å². The molecule has 3 heteroatoms. The lowest BCUT2D eigenvalue weighted by Crippen LogP contribution is -2.43. The Labute approximate surface area is 102 Å².